The minimum atomic E-state index is -0.452. The Hall–Kier alpha value is -2.51. The molecule has 0 aliphatic carbocycles. The molecule has 27 heavy (non-hydrogen) atoms. The number of nitrogens with one attached hydrogen (secondary N) is 1. The van der Waals surface area contributed by atoms with Crippen LogP contribution in [0.3, 0.4) is 0 Å². The zero-order valence-electron chi connectivity index (χ0n) is 14.9. The normalized spacial score (nSPS) is 10.6. The highest BCUT2D eigenvalue weighted by atomic mass is 32.1. The van der Waals surface area contributed by atoms with Gasteiger partial charge in [-0.3, -0.25) is 9.59 Å². The Balaban J connectivity index is 1.37. The third-order valence-electron chi connectivity index (χ3n) is 3.95. The highest BCUT2D eigenvalue weighted by Gasteiger charge is 2.12. The second-order valence-corrected chi connectivity index (χ2v) is 7.79. The number of thiophene rings is 1. The Labute approximate surface area is 166 Å². The van der Waals surface area contributed by atoms with Crippen LogP contribution in [-0.2, 0) is 27.2 Å². The molecule has 0 spiro atoms. The van der Waals surface area contributed by atoms with Gasteiger partial charge < -0.3 is 10.1 Å². The molecule has 1 amide bonds. The number of aryl methyl sites for hydroxylation is 1. The van der Waals surface area contributed by atoms with Gasteiger partial charge in [0.15, 0.2) is 6.61 Å². The maximum Gasteiger partial charge on any atom is 0.312 e. The fourth-order valence-corrected chi connectivity index (χ4v) is 4.16. The van der Waals surface area contributed by atoms with Crippen molar-refractivity contribution in [2.45, 2.75) is 19.8 Å². The highest BCUT2D eigenvalue weighted by molar-refractivity contribution is 7.20. The molecular weight excluding hydrogens is 380 g/mol. The van der Waals surface area contributed by atoms with Crippen molar-refractivity contribution in [2.75, 3.05) is 13.2 Å². The molecule has 140 valence electrons. The van der Waals surface area contributed by atoms with E-state index in [1.165, 1.54) is 22.5 Å². The van der Waals surface area contributed by atoms with E-state index in [-0.39, 0.29) is 18.9 Å². The van der Waals surface area contributed by atoms with Crippen LogP contribution in [0, 0.1) is 6.92 Å². The van der Waals surface area contributed by atoms with Crippen molar-refractivity contribution in [3.63, 3.8) is 0 Å². The van der Waals surface area contributed by atoms with Gasteiger partial charge in [0.1, 0.15) is 5.01 Å². The third-order valence-corrected chi connectivity index (χ3v) is 5.88. The first-order chi connectivity index (χ1) is 13.1. The summed E-state index contributed by atoms with van der Waals surface area (Å²) in [7, 11) is 0. The number of nitrogens with zero attached hydrogens (tertiary/aromatic N) is 1. The molecule has 0 radical (unpaired) electrons. The Morgan fingerprint density at radius 3 is 2.78 bits per heavy atom. The fourth-order valence-electron chi connectivity index (χ4n) is 2.52. The third kappa shape index (κ3) is 5.74. The number of amides is 1. The summed E-state index contributed by atoms with van der Waals surface area (Å²) in [5, 5.41) is 7.50. The molecule has 1 N–H and O–H groups in total. The van der Waals surface area contributed by atoms with Crippen LogP contribution < -0.4 is 5.32 Å². The second kappa shape index (κ2) is 9.43. The molecule has 3 aromatic rings. The molecule has 5 nitrogen and oxygen atoms in total. The highest BCUT2D eigenvalue weighted by Crippen LogP contribution is 2.27. The molecule has 2 heterocycles. The van der Waals surface area contributed by atoms with Crippen molar-refractivity contribution in [3.05, 3.63) is 64.0 Å². The second-order valence-electron chi connectivity index (χ2n) is 5.99. The van der Waals surface area contributed by atoms with Crippen molar-refractivity contribution >= 4 is 34.6 Å². The topological polar surface area (TPSA) is 68.3 Å². The van der Waals surface area contributed by atoms with Gasteiger partial charge >= 0.3 is 5.97 Å². The summed E-state index contributed by atoms with van der Waals surface area (Å²) in [5.41, 5.74) is 3.05. The number of hydrogen-bond donors (Lipinski definition) is 1. The number of esters is 1. The van der Waals surface area contributed by atoms with E-state index in [9.17, 15) is 9.59 Å². The number of carbonyl (C=O) groups excluding carboxylic acids is 2. The summed E-state index contributed by atoms with van der Waals surface area (Å²) in [6.07, 6.45) is 0.815. The largest absolute Gasteiger partial charge is 0.455 e. The van der Waals surface area contributed by atoms with E-state index in [2.05, 4.69) is 10.3 Å². The number of ether oxygens (including phenoxy) is 1. The lowest BCUT2D eigenvalue weighted by Crippen LogP contribution is -2.30. The van der Waals surface area contributed by atoms with E-state index in [1.54, 1.807) is 11.3 Å². The summed E-state index contributed by atoms with van der Waals surface area (Å²) in [5.74, 6) is -0.749. The van der Waals surface area contributed by atoms with E-state index in [0.717, 1.165) is 16.3 Å². The Kier molecular flexibility index (Phi) is 6.73. The summed E-state index contributed by atoms with van der Waals surface area (Å²) in [6.45, 7) is 2.29. The minimum Gasteiger partial charge on any atom is -0.455 e. The van der Waals surface area contributed by atoms with Gasteiger partial charge in [-0.15, -0.1) is 22.7 Å². The van der Waals surface area contributed by atoms with Crippen LogP contribution in [0.1, 0.15) is 16.8 Å². The molecular formula is C20H20N2O3S2. The monoisotopic (exact) mass is 400 g/mol. The summed E-state index contributed by atoms with van der Waals surface area (Å²) in [4.78, 5) is 29.3. The molecule has 2 aromatic heterocycles. The van der Waals surface area contributed by atoms with Crippen LogP contribution in [0.15, 0.2) is 47.2 Å². The van der Waals surface area contributed by atoms with Crippen molar-refractivity contribution in [3.8, 4) is 9.88 Å². The van der Waals surface area contributed by atoms with Gasteiger partial charge in [-0.2, -0.15) is 0 Å². The van der Waals surface area contributed by atoms with Crippen LogP contribution in [0.2, 0.25) is 0 Å². The predicted octanol–water partition coefficient (Wildman–Crippen LogP) is 3.62. The molecule has 0 saturated carbocycles. The first-order valence-corrected chi connectivity index (χ1v) is 10.3. The SMILES string of the molecule is Cc1ccccc1CCNC(=O)COC(=O)Cc1csc(-c2cccs2)n1. The zero-order valence-corrected chi connectivity index (χ0v) is 16.6. The van der Waals surface area contributed by atoms with Crippen LogP contribution >= 0.6 is 22.7 Å². The summed E-state index contributed by atoms with van der Waals surface area (Å²) < 4.78 is 5.05. The number of carbonyl (C=O) groups is 2. The van der Waals surface area contributed by atoms with E-state index < -0.39 is 5.97 Å². The first kappa shape index (κ1) is 19.3. The lowest BCUT2D eigenvalue weighted by Gasteiger charge is -2.08. The molecule has 0 aliphatic heterocycles. The Bertz CT molecular complexity index is 904. The Morgan fingerprint density at radius 1 is 1.15 bits per heavy atom. The molecule has 0 saturated heterocycles. The molecule has 7 heteroatoms. The molecule has 0 unspecified atom stereocenters. The molecule has 1 aromatic carbocycles. The van der Waals surface area contributed by atoms with Gasteiger partial charge in [-0.1, -0.05) is 30.3 Å². The zero-order chi connectivity index (χ0) is 19.1. The maximum absolute atomic E-state index is 11.9. The lowest BCUT2D eigenvalue weighted by atomic mass is 10.1. The van der Waals surface area contributed by atoms with Crippen LogP contribution in [-0.4, -0.2) is 30.0 Å². The van der Waals surface area contributed by atoms with E-state index in [4.69, 9.17) is 4.74 Å². The van der Waals surface area contributed by atoms with Gasteiger partial charge in [-0.25, -0.2) is 4.98 Å². The van der Waals surface area contributed by atoms with Gasteiger partial charge in [0, 0.05) is 11.9 Å². The number of rotatable bonds is 8. The van der Waals surface area contributed by atoms with Gasteiger partial charge in [0.05, 0.1) is 17.0 Å². The van der Waals surface area contributed by atoms with Crippen molar-refractivity contribution in [1.29, 1.82) is 0 Å². The van der Waals surface area contributed by atoms with Crippen molar-refractivity contribution in [1.82, 2.24) is 10.3 Å². The number of hydrogen-bond acceptors (Lipinski definition) is 6. The van der Waals surface area contributed by atoms with Gasteiger partial charge in [0.25, 0.3) is 5.91 Å². The molecule has 3 rings (SSSR count). The number of benzene rings is 1. The van der Waals surface area contributed by atoms with Gasteiger partial charge in [0.2, 0.25) is 0 Å². The van der Waals surface area contributed by atoms with E-state index in [1.807, 2.05) is 54.1 Å². The number of thiazole rings is 1. The molecule has 0 fully saturated rings. The predicted molar refractivity (Wildman–Crippen MR) is 108 cm³/mol. The first-order valence-electron chi connectivity index (χ1n) is 8.57. The summed E-state index contributed by atoms with van der Waals surface area (Å²) >= 11 is 3.10. The molecule has 0 atom stereocenters. The maximum atomic E-state index is 11.9. The molecule has 0 aliphatic rings. The van der Waals surface area contributed by atoms with Gasteiger partial charge in [-0.05, 0) is 35.9 Å². The van der Waals surface area contributed by atoms with E-state index in [0.29, 0.717) is 12.2 Å². The molecule has 0 bridgehead atoms. The van der Waals surface area contributed by atoms with Crippen LogP contribution in [0.25, 0.3) is 9.88 Å². The van der Waals surface area contributed by atoms with Crippen LogP contribution in [0.4, 0.5) is 0 Å². The quantitative estimate of drug-likeness (QED) is 0.587. The van der Waals surface area contributed by atoms with Crippen LogP contribution in [0.5, 0.6) is 0 Å². The smallest absolute Gasteiger partial charge is 0.312 e. The minimum absolute atomic E-state index is 0.0678. The fraction of sp³-hybridized carbons (Fsp3) is 0.250. The average Bonchev–Trinajstić information content (AvgIpc) is 3.33. The van der Waals surface area contributed by atoms with E-state index >= 15 is 0 Å². The van der Waals surface area contributed by atoms with Crippen molar-refractivity contribution in [2.24, 2.45) is 0 Å². The Morgan fingerprint density at radius 2 is 2.00 bits per heavy atom. The standard InChI is InChI=1S/C20H20N2O3S2/c1-14-5-2-3-6-15(14)8-9-21-18(23)12-25-19(24)11-16-13-27-20(22-16)17-7-4-10-26-17/h2-7,10,13H,8-9,11-12H2,1H3,(H,21,23). The number of aromatic nitrogens is 1. The summed E-state index contributed by atoms with van der Waals surface area (Å²) in [6, 6.07) is 12.0. The average molecular weight is 401 g/mol. The lowest BCUT2D eigenvalue weighted by molar-refractivity contribution is -0.147. The van der Waals surface area contributed by atoms with Crippen molar-refractivity contribution < 1.29 is 14.3 Å².